The van der Waals surface area contributed by atoms with Gasteiger partial charge in [-0.05, 0) is 32.4 Å². The van der Waals surface area contributed by atoms with E-state index >= 15 is 0 Å². The van der Waals surface area contributed by atoms with E-state index in [2.05, 4.69) is 4.90 Å². The maximum absolute atomic E-state index is 12.7. The number of hydrogen-bond donors (Lipinski definition) is 0. The zero-order valence-electron chi connectivity index (χ0n) is 17.0. The van der Waals surface area contributed by atoms with Gasteiger partial charge >= 0.3 is 0 Å². The Kier molecular flexibility index (Phi) is 6.52. The molecule has 2 aromatic rings. The second-order valence-electron chi connectivity index (χ2n) is 7.29. The molecule has 0 atom stereocenters. The molecular formula is C22H29N3O3. The number of piperazine rings is 1. The average molecular weight is 383 g/mol. The number of benzene rings is 1. The highest BCUT2D eigenvalue weighted by atomic mass is 16.3. The number of rotatable bonds is 6. The molecule has 150 valence electrons. The molecule has 0 radical (unpaired) electrons. The third-order valence-corrected chi connectivity index (χ3v) is 5.24. The first-order valence-corrected chi connectivity index (χ1v) is 9.88. The topological polar surface area (TPSA) is 57.0 Å². The number of hydrogen-bond acceptors (Lipinski definition) is 4. The molecule has 2 heterocycles. The summed E-state index contributed by atoms with van der Waals surface area (Å²) in [6.45, 7) is 10.1. The average Bonchev–Trinajstić information content (AvgIpc) is 3.05. The summed E-state index contributed by atoms with van der Waals surface area (Å²) in [5.74, 6) is 1.56. The monoisotopic (exact) mass is 383 g/mol. The van der Waals surface area contributed by atoms with Gasteiger partial charge in [-0.1, -0.05) is 30.3 Å². The number of nitrogens with zero attached hydrogens (tertiary/aromatic N) is 3. The maximum Gasteiger partial charge on any atom is 0.257 e. The van der Waals surface area contributed by atoms with Crippen LogP contribution in [0, 0.1) is 13.8 Å². The molecule has 1 aliphatic rings. The van der Waals surface area contributed by atoms with Crippen molar-refractivity contribution in [3.05, 3.63) is 59.0 Å². The van der Waals surface area contributed by atoms with Crippen LogP contribution in [0.3, 0.4) is 0 Å². The molecule has 0 saturated carbocycles. The van der Waals surface area contributed by atoms with Crippen molar-refractivity contribution < 1.29 is 14.0 Å². The van der Waals surface area contributed by atoms with Crippen LogP contribution in [0.4, 0.5) is 0 Å². The fourth-order valence-corrected chi connectivity index (χ4v) is 3.59. The zero-order chi connectivity index (χ0) is 20.1. The van der Waals surface area contributed by atoms with E-state index in [4.69, 9.17) is 4.42 Å². The Morgan fingerprint density at radius 3 is 2.32 bits per heavy atom. The molecule has 1 aliphatic heterocycles. The first kappa shape index (κ1) is 20.1. The van der Waals surface area contributed by atoms with Gasteiger partial charge in [0.2, 0.25) is 5.91 Å². The van der Waals surface area contributed by atoms with Crippen LogP contribution in [-0.2, 0) is 11.3 Å². The van der Waals surface area contributed by atoms with E-state index < -0.39 is 0 Å². The van der Waals surface area contributed by atoms with Crippen molar-refractivity contribution in [3.8, 4) is 0 Å². The van der Waals surface area contributed by atoms with Crippen LogP contribution in [0.25, 0.3) is 0 Å². The van der Waals surface area contributed by atoms with Crippen molar-refractivity contribution in [3.63, 3.8) is 0 Å². The quantitative estimate of drug-likeness (QED) is 0.770. The smallest absolute Gasteiger partial charge is 0.257 e. The molecule has 0 unspecified atom stereocenters. The van der Waals surface area contributed by atoms with Crippen LogP contribution in [0.15, 0.2) is 40.8 Å². The van der Waals surface area contributed by atoms with Gasteiger partial charge in [0.05, 0.1) is 12.1 Å². The van der Waals surface area contributed by atoms with E-state index in [1.165, 1.54) is 0 Å². The summed E-state index contributed by atoms with van der Waals surface area (Å²) in [7, 11) is 0. The molecule has 1 saturated heterocycles. The molecule has 2 amide bonds. The molecule has 1 fully saturated rings. The number of aryl methyl sites for hydroxylation is 2. The SMILES string of the molecule is CCN(Cc1ccccc1)C(=O)CN1CCN(C(=O)c2cc(C)oc2C)CC1. The van der Waals surface area contributed by atoms with Gasteiger partial charge in [-0.3, -0.25) is 14.5 Å². The Bertz CT molecular complexity index is 808. The highest BCUT2D eigenvalue weighted by Gasteiger charge is 2.26. The fraction of sp³-hybridized carbons (Fsp3) is 0.455. The highest BCUT2D eigenvalue weighted by Crippen LogP contribution is 2.17. The first-order chi connectivity index (χ1) is 13.5. The van der Waals surface area contributed by atoms with E-state index in [-0.39, 0.29) is 11.8 Å². The third-order valence-electron chi connectivity index (χ3n) is 5.24. The van der Waals surface area contributed by atoms with Gasteiger partial charge in [0.15, 0.2) is 0 Å². The van der Waals surface area contributed by atoms with Crippen LogP contribution in [0.1, 0.15) is 34.4 Å². The number of carbonyl (C=O) groups is 2. The molecule has 0 N–H and O–H groups in total. The summed E-state index contributed by atoms with van der Waals surface area (Å²) in [5, 5.41) is 0. The van der Waals surface area contributed by atoms with Crippen molar-refractivity contribution in [1.29, 1.82) is 0 Å². The second kappa shape index (κ2) is 9.06. The summed E-state index contributed by atoms with van der Waals surface area (Å²) in [4.78, 5) is 31.3. The van der Waals surface area contributed by atoms with E-state index in [0.717, 1.165) is 11.3 Å². The summed E-state index contributed by atoms with van der Waals surface area (Å²) in [6.07, 6.45) is 0. The largest absolute Gasteiger partial charge is 0.466 e. The van der Waals surface area contributed by atoms with Crippen LogP contribution < -0.4 is 0 Å². The number of amides is 2. The number of likely N-dealkylation sites (N-methyl/N-ethyl adjacent to an activating group) is 1. The molecule has 0 aliphatic carbocycles. The normalized spacial score (nSPS) is 14.9. The van der Waals surface area contributed by atoms with E-state index in [0.29, 0.717) is 57.1 Å². The molecule has 6 nitrogen and oxygen atoms in total. The molecule has 1 aromatic heterocycles. The van der Waals surface area contributed by atoms with Crippen molar-refractivity contribution in [2.75, 3.05) is 39.3 Å². The Morgan fingerprint density at radius 2 is 1.75 bits per heavy atom. The van der Waals surface area contributed by atoms with Gasteiger partial charge < -0.3 is 14.2 Å². The van der Waals surface area contributed by atoms with Gasteiger partial charge in [0.25, 0.3) is 5.91 Å². The number of furan rings is 1. The standard InChI is InChI=1S/C22H29N3O3/c1-4-24(15-19-8-6-5-7-9-19)21(26)16-23-10-12-25(13-11-23)22(27)20-14-17(2)28-18(20)3/h5-9,14H,4,10-13,15-16H2,1-3H3. The lowest BCUT2D eigenvalue weighted by Crippen LogP contribution is -2.51. The second-order valence-corrected chi connectivity index (χ2v) is 7.29. The maximum atomic E-state index is 12.7. The highest BCUT2D eigenvalue weighted by molar-refractivity contribution is 5.95. The molecule has 1 aromatic carbocycles. The van der Waals surface area contributed by atoms with Crippen LogP contribution in [0.5, 0.6) is 0 Å². The van der Waals surface area contributed by atoms with Crippen molar-refractivity contribution in [2.24, 2.45) is 0 Å². The molecule has 28 heavy (non-hydrogen) atoms. The minimum Gasteiger partial charge on any atom is -0.466 e. The minimum atomic E-state index is 0.0135. The predicted molar refractivity (Wildman–Crippen MR) is 108 cm³/mol. The lowest BCUT2D eigenvalue weighted by molar-refractivity contribution is -0.133. The van der Waals surface area contributed by atoms with Crippen LogP contribution >= 0.6 is 0 Å². The lowest BCUT2D eigenvalue weighted by Gasteiger charge is -2.35. The Labute approximate surface area is 166 Å². The summed E-state index contributed by atoms with van der Waals surface area (Å²) < 4.78 is 5.48. The lowest BCUT2D eigenvalue weighted by atomic mass is 10.2. The van der Waals surface area contributed by atoms with Gasteiger partial charge in [0, 0.05) is 39.3 Å². The predicted octanol–water partition coefficient (Wildman–Crippen LogP) is 2.70. The van der Waals surface area contributed by atoms with E-state index in [9.17, 15) is 9.59 Å². The van der Waals surface area contributed by atoms with Gasteiger partial charge in [-0.15, -0.1) is 0 Å². The summed E-state index contributed by atoms with van der Waals surface area (Å²) in [6, 6.07) is 11.9. The van der Waals surface area contributed by atoms with Crippen molar-refractivity contribution >= 4 is 11.8 Å². The first-order valence-electron chi connectivity index (χ1n) is 9.88. The van der Waals surface area contributed by atoms with Gasteiger partial charge in [-0.25, -0.2) is 0 Å². The molecule has 0 spiro atoms. The fourth-order valence-electron chi connectivity index (χ4n) is 3.59. The Hall–Kier alpha value is -2.60. The summed E-state index contributed by atoms with van der Waals surface area (Å²) >= 11 is 0. The Morgan fingerprint density at radius 1 is 1.07 bits per heavy atom. The molecule has 3 rings (SSSR count). The zero-order valence-corrected chi connectivity index (χ0v) is 17.0. The third kappa shape index (κ3) is 4.81. The van der Waals surface area contributed by atoms with Crippen LogP contribution in [0.2, 0.25) is 0 Å². The van der Waals surface area contributed by atoms with Gasteiger partial charge in [-0.2, -0.15) is 0 Å². The van der Waals surface area contributed by atoms with Crippen LogP contribution in [-0.4, -0.2) is 65.8 Å². The molecular weight excluding hydrogens is 354 g/mol. The van der Waals surface area contributed by atoms with E-state index in [1.54, 1.807) is 6.07 Å². The minimum absolute atomic E-state index is 0.0135. The molecule has 6 heteroatoms. The molecule has 0 bridgehead atoms. The van der Waals surface area contributed by atoms with Gasteiger partial charge in [0.1, 0.15) is 11.5 Å². The van der Waals surface area contributed by atoms with Crippen molar-refractivity contribution in [2.45, 2.75) is 27.3 Å². The Balaban J connectivity index is 1.51. The number of carbonyl (C=O) groups excluding carboxylic acids is 2. The van der Waals surface area contributed by atoms with E-state index in [1.807, 2.05) is 60.9 Å². The summed E-state index contributed by atoms with van der Waals surface area (Å²) in [5.41, 5.74) is 1.78. The van der Waals surface area contributed by atoms with Crippen molar-refractivity contribution in [1.82, 2.24) is 14.7 Å².